The highest BCUT2D eigenvalue weighted by molar-refractivity contribution is 5.89. The van der Waals surface area contributed by atoms with Gasteiger partial charge in [-0.25, -0.2) is 4.79 Å². The fourth-order valence-corrected chi connectivity index (χ4v) is 0.938. The molecule has 8 nitrogen and oxygen atoms in total. The van der Waals surface area contributed by atoms with Crippen molar-refractivity contribution in [2.24, 2.45) is 0 Å². The number of ether oxygens (including phenoxy) is 1. The topological polar surface area (TPSA) is 112 Å². The molecule has 1 rings (SSSR count). The molecule has 0 saturated carbocycles. The van der Waals surface area contributed by atoms with E-state index in [4.69, 9.17) is 6.42 Å². The standard InChI is InChI=1S/C10H8N2O6/c1-2-5-11-8(13)6-17-10(14)7-3-4-9(18-7)12(15)16/h1,3-4H,5-6H2,(H,11,13). The average molecular weight is 252 g/mol. The number of hydrogen-bond donors (Lipinski definition) is 1. The van der Waals surface area contributed by atoms with Gasteiger partial charge < -0.3 is 14.5 Å². The molecule has 1 aromatic rings. The molecule has 1 N–H and O–H groups in total. The lowest BCUT2D eigenvalue weighted by Crippen LogP contribution is -2.28. The highest BCUT2D eigenvalue weighted by Crippen LogP contribution is 2.16. The minimum Gasteiger partial charge on any atom is -0.450 e. The van der Waals surface area contributed by atoms with Gasteiger partial charge in [0.25, 0.3) is 5.91 Å². The van der Waals surface area contributed by atoms with Crippen LogP contribution in [0.3, 0.4) is 0 Å². The lowest BCUT2D eigenvalue weighted by atomic mass is 10.4. The molecular formula is C10H8N2O6. The van der Waals surface area contributed by atoms with E-state index in [0.29, 0.717) is 0 Å². The highest BCUT2D eigenvalue weighted by Gasteiger charge is 2.19. The summed E-state index contributed by atoms with van der Waals surface area (Å²) in [7, 11) is 0. The van der Waals surface area contributed by atoms with Crippen molar-refractivity contribution in [3.05, 3.63) is 28.0 Å². The Morgan fingerprint density at radius 3 is 2.83 bits per heavy atom. The molecule has 18 heavy (non-hydrogen) atoms. The van der Waals surface area contributed by atoms with E-state index in [0.717, 1.165) is 12.1 Å². The van der Waals surface area contributed by atoms with Crippen LogP contribution >= 0.6 is 0 Å². The zero-order chi connectivity index (χ0) is 13.5. The van der Waals surface area contributed by atoms with Gasteiger partial charge >= 0.3 is 11.9 Å². The van der Waals surface area contributed by atoms with Crippen molar-refractivity contribution in [2.75, 3.05) is 13.2 Å². The SMILES string of the molecule is C#CCNC(=O)COC(=O)c1ccc([N+](=O)[O-])o1. The van der Waals surface area contributed by atoms with E-state index in [1.165, 1.54) is 0 Å². The lowest BCUT2D eigenvalue weighted by Gasteiger charge is -2.02. The van der Waals surface area contributed by atoms with Gasteiger partial charge in [0.2, 0.25) is 5.76 Å². The first-order valence-electron chi connectivity index (χ1n) is 4.66. The first kappa shape index (κ1) is 13.2. The minimum absolute atomic E-state index is 0.0165. The molecule has 0 aliphatic heterocycles. The molecule has 1 amide bonds. The van der Waals surface area contributed by atoms with Gasteiger partial charge in [-0.05, 0) is 6.07 Å². The van der Waals surface area contributed by atoms with Crippen LogP contribution in [-0.2, 0) is 9.53 Å². The van der Waals surface area contributed by atoms with Crippen LogP contribution < -0.4 is 5.32 Å². The molecule has 1 heterocycles. The number of rotatable bonds is 5. The molecule has 0 unspecified atom stereocenters. The molecule has 0 aromatic carbocycles. The maximum absolute atomic E-state index is 11.3. The molecule has 0 fully saturated rings. The maximum Gasteiger partial charge on any atom is 0.433 e. The first-order chi connectivity index (χ1) is 8.54. The Balaban J connectivity index is 2.48. The van der Waals surface area contributed by atoms with E-state index < -0.39 is 29.3 Å². The largest absolute Gasteiger partial charge is 0.450 e. The zero-order valence-corrected chi connectivity index (χ0v) is 9.04. The number of carbonyl (C=O) groups is 2. The number of nitrogens with one attached hydrogen (secondary N) is 1. The number of nitrogens with zero attached hydrogens (tertiary/aromatic N) is 1. The Hall–Kier alpha value is -2.82. The van der Waals surface area contributed by atoms with E-state index in [-0.39, 0.29) is 12.3 Å². The number of nitro groups is 1. The Morgan fingerprint density at radius 1 is 1.56 bits per heavy atom. The lowest BCUT2D eigenvalue weighted by molar-refractivity contribution is -0.402. The molecule has 0 atom stereocenters. The summed E-state index contributed by atoms with van der Waals surface area (Å²) in [5.74, 6) is -0.326. The summed E-state index contributed by atoms with van der Waals surface area (Å²) >= 11 is 0. The second-order valence-electron chi connectivity index (χ2n) is 2.95. The predicted octanol–water partition coefficient (Wildman–Crippen LogP) is 0.0940. The van der Waals surface area contributed by atoms with Gasteiger partial charge in [-0.1, -0.05) is 5.92 Å². The third-order valence-corrected chi connectivity index (χ3v) is 1.69. The van der Waals surface area contributed by atoms with Crippen LogP contribution in [0.15, 0.2) is 16.5 Å². The highest BCUT2D eigenvalue weighted by atomic mass is 16.7. The van der Waals surface area contributed by atoms with Crippen LogP contribution in [0.25, 0.3) is 0 Å². The van der Waals surface area contributed by atoms with E-state index in [2.05, 4.69) is 20.4 Å². The van der Waals surface area contributed by atoms with Gasteiger partial charge in [-0.15, -0.1) is 6.42 Å². The smallest absolute Gasteiger partial charge is 0.433 e. The summed E-state index contributed by atoms with van der Waals surface area (Å²) in [5, 5.41) is 12.6. The number of esters is 1. The molecular weight excluding hydrogens is 244 g/mol. The molecule has 1 aromatic heterocycles. The van der Waals surface area contributed by atoms with E-state index in [1.807, 2.05) is 0 Å². The third-order valence-electron chi connectivity index (χ3n) is 1.69. The zero-order valence-electron chi connectivity index (χ0n) is 9.04. The van der Waals surface area contributed by atoms with Crippen molar-refractivity contribution in [3.8, 4) is 12.3 Å². The molecule has 0 radical (unpaired) electrons. The second kappa shape index (κ2) is 6.05. The molecule has 8 heteroatoms. The Kier molecular flexibility index (Phi) is 4.45. The van der Waals surface area contributed by atoms with Crippen LogP contribution in [0.4, 0.5) is 5.88 Å². The summed E-state index contributed by atoms with van der Waals surface area (Å²) in [6.45, 7) is -0.530. The maximum atomic E-state index is 11.3. The summed E-state index contributed by atoms with van der Waals surface area (Å²) in [4.78, 5) is 31.8. The average Bonchev–Trinajstić information content (AvgIpc) is 2.83. The fraction of sp³-hybridized carbons (Fsp3) is 0.200. The van der Waals surface area contributed by atoms with Crippen LogP contribution in [0.2, 0.25) is 0 Å². The Bertz CT molecular complexity index is 513. The molecule has 0 spiro atoms. The third kappa shape index (κ3) is 3.64. The van der Waals surface area contributed by atoms with Crippen molar-refractivity contribution in [2.45, 2.75) is 0 Å². The van der Waals surface area contributed by atoms with E-state index >= 15 is 0 Å². The van der Waals surface area contributed by atoms with Gasteiger partial charge in [0.1, 0.15) is 4.92 Å². The monoisotopic (exact) mass is 252 g/mol. The quantitative estimate of drug-likeness (QED) is 0.344. The van der Waals surface area contributed by atoms with Gasteiger partial charge in [0, 0.05) is 0 Å². The number of hydrogen-bond acceptors (Lipinski definition) is 6. The normalized spacial score (nSPS) is 9.28. The van der Waals surface area contributed by atoms with Crippen molar-refractivity contribution < 1.29 is 23.7 Å². The van der Waals surface area contributed by atoms with Crippen LogP contribution in [-0.4, -0.2) is 30.0 Å². The van der Waals surface area contributed by atoms with Gasteiger partial charge in [-0.2, -0.15) is 0 Å². The van der Waals surface area contributed by atoms with Crippen molar-refractivity contribution in [1.29, 1.82) is 0 Å². The van der Waals surface area contributed by atoms with Crippen LogP contribution in [0.5, 0.6) is 0 Å². The number of amides is 1. The number of carbonyl (C=O) groups excluding carboxylic acids is 2. The summed E-state index contributed by atoms with van der Waals surface area (Å²) in [6.07, 6.45) is 4.90. The Morgan fingerprint density at radius 2 is 2.28 bits per heavy atom. The predicted molar refractivity (Wildman–Crippen MR) is 57.5 cm³/mol. The van der Waals surface area contributed by atoms with Gasteiger partial charge in [0.15, 0.2) is 6.61 Å². The van der Waals surface area contributed by atoms with Crippen LogP contribution in [0, 0.1) is 22.5 Å². The number of furan rings is 1. The van der Waals surface area contributed by atoms with Gasteiger partial charge in [0.05, 0.1) is 12.6 Å². The first-order valence-corrected chi connectivity index (χ1v) is 4.66. The number of terminal acetylenes is 1. The van der Waals surface area contributed by atoms with E-state index in [1.54, 1.807) is 0 Å². The molecule has 0 aliphatic carbocycles. The van der Waals surface area contributed by atoms with Crippen molar-refractivity contribution >= 4 is 17.8 Å². The summed E-state index contributed by atoms with van der Waals surface area (Å²) in [6, 6.07) is 2.09. The van der Waals surface area contributed by atoms with E-state index in [9.17, 15) is 19.7 Å². The minimum atomic E-state index is -0.973. The Labute approximate surface area is 101 Å². The van der Waals surface area contributed by atoms with Crippen molar-refractivity contribution in [1.82, 2.24) is 5.32 Å². The van der Waals surface area contributed by atoms with Crippen LogP contribution in [0.1, 0.15) is 10.6 Å². The van der Waals surface area contributed by atoms with Gasteiger partial charge in [-0.3, -0.25) is 14.9 Å². The summed E-state index contributed by atoms with van der Waals surface area (Å²) < 4.78 is 9.13. The molecule has 0 aliphatic rings. The van der Waals surface area contributed by atoms with Crippen molar-refractivity contribution in [3.63, 3.8) is 0 Å². The summed E-state index contributed by atoms with van der Waals surface area (Å²) in [5.41, 5.74) is 0. The molecule has 0 bridgehead atoms. The second-order valence-corrected chi connectivity index (χ2v) is 2.95. The molecule has 94 valence electrons. The molecule has 0 saturated heterocycles. The fourth-order valence-electron chi connectivity index (χ4n) is 0.938.